The van der Waals surface area contributed by atoms with Crippen LogP contribution in [0.25, 0.3) is 0 Å². The minimum atomic E-state index is -0.959. The first-order valence-corrected chi connectivity index (χ1v) is 16.3. The maximum absolute atomic E-state index is 14.4. The van der Waals surface area contributed by atoms with Crippen LogP contribution in [0.15, 0.2) is 91.0 Å². The van der Waals surface area contributed by atoms with Gasteiger partial charge in [0, 0.05) is 25.6 Å². The first-order valence-electron chi connectivity index (χ1n) is 16.3. The van der Waals surface area contributed by atoms with Crippen LogP contribution in [-0.2, 0) is 27.2 Å². The van der Waals surface area contributed by atoms with E-state index in [1.165, 1.54) is 12.0 Å². The van der Waals surface area contributed by atoms with Gasteiger partial charge < -0.3 is 14.6 Å². The van der Waals surface area contributed by atoms with E-state index in [-0.39, 0.29) is 22.9 Å². The number of benzene rings is 3. The Balaban J connectivity index is 1.65. The normalized spacial score (nSPS) is 24.6. The van der Waals surface area contributed by atoms with Crippen LogP contribution in [0.2, 0.25) is 0 Å². The first-order chi connectivity index (χ1) is 20.9. The van der Waals surface area contributed by atoms with Gasteiger partial charge in [0.15, 0.2) is 0 Å². The Labute approximate surface area is 264 Å². The Morgan fingerprint density at radius 3 is 2.05 bits per heavy atom. The lowest BCUT2D eigenvalue weighted by Gasteiger charge is -2.48. The van der Waals surface area contributed by atoms with Gasteiger partial charge in [-0.15, -0.1) is 0 Å². The molecule has 0 heterocycles. The summed E-state index contributed by atoms with van der Waals surface area (Å²) in [7, 11) is 1.85. The van der Waals surface area contributed by atoms with Gasteiger partial charge in [0.25, 0.3) is 0 Å². The fourth-order valence-corrected chi connectivity index (χ4v) is 8.28. The molecule has 3 aromatic carbocycles. The molecule has 2 saturated carbocycles. The van der Waals surface area contributed by atoms with Crippen LogP contribution < -0.4 is 0 Å². The summed E-state index contributed by atoms with van der Waals surface area (Å²) in [6.45, 7) is 11.9. The number of rotatable bonds is 12. The van der Waals surface area contributed by atoms with Crippen molar-refractivity contribution < 1.29 is 19.4 Å². The van der Waals surface area contributed by atoms with Crippen LogP contribution in [0.1, 0.15) is 76.6 Å². The van der Waals surface area contributed by atoms with E-state index in [1.807, 2.05) is 82.5 Å². The fourth-order valence-electron chi connectivity index (χ4n) is 8.28. The highest BCUT2D eigenvalue weighted by Crippen LogP contribution is 2.67. The summed E-state index contributed by atoms with van der Waals surface area (Å²) in [4.78, 5) is 16.8. The van der Waals surface area contributed by atoms with Crippen LogP contribution in [0.3, 0.4) is 0 Å². The molecule has 236 valence electrons. The summed E-state index contributed by atoms with van der Waals surface area (Å²) >= 11 is 0. The minimum Gasteiger partial charge on any atom is -0.460 e. The van der Waals surface area contributed by atoms with Crippen molar-refractivity contribution in [2.45, 2.75) is 90.7 Å². The molecule has 0 aromatic heterocycles. The number of methoxy groups -OCH3 is 1. The molecule has 2 aliphatic rings. The molecule has 2 bridgehead atoms. The smallest absolute Gasteiger partial charge is 0.314 e. The first kappa shape index (κ1) is 32.4. The van der Waals surface area contributed by atoms with E-state index in [0.717, 1.165) is 30.5 Å². The maximum Gasteiger partial charge on any atom is 0.314 e. The molecule has 3 unspecified atom stereocenters. The van der Waals surface area contributed by atoms with Gasteiger partial charge in [-0.2, -0.15) is 0 Å². The van der Waals surface area contributed by atoms with Crippen LogP contribution in [0, 0.1) is 22.7 Å². The van der Waals surface area contributed by atoms with Gasteiger partial charge in [-0.25, -0.2) is 0 Å². The summed E-state index contributed by atoms with van der Waals surface area (Å²) in [5.74, 6) is -0.588. The average Bonchev–Trinajstić information content (AvgIpc) is 3.35. The van der Waals surface area contributed by atoms with Gasteiger partial charge in [-0.3, -0.25) is 9.69 Å². The number of esters is 1. The third-order valence-electron chi connectivity index (χ3n) is 10.6. The van der Waals surface area contributed by atoms with Crippen LogP contribution in [0.5, 0.6) is 0 Å². The van der Waals surface area contributed by atoms with E-state index in [2.05, 4.69) is 55.1 Å². The van der Waals surface area contributed by atoms with Crippen LogP contribution in [-0.4, -0.2) is 47.4 Å². The lowest BCUT2D eigenvalue weighted by atomic mass is 9.67. The van der Waals surface area contributed by atoms with E-state index in [1.54, 1.807) is 0 Å². The summed E-state index contributed by atoms with van der Waals surface area (Å²) < 4.78 is 12.4. The number of ether oxygens (including phenoxy) is 2. The van der Waals surface area contributed by atoms with Crippen LogP contribution in [0.4, 0.5) is 0 Å². The van der Waals surface area contributed by atoms with Crippen molar-refractivity contribution in [3.8, 4) is 0 Å². The molecule has 0 aliphatic heterocycles. The minimum absolute atomic E-state index is 0.0773. The number of aliphatic hydroxyl groups excluding tert-OH is 1. The zero-order chi connectivity index (χ0) is 31.5. The summed E-state index contributed by atoms with van der Waals surface area (Å²) in [5, 5.41) is 12.1. The molecule has 3 aromatic rings. The molecule has 0 amide bonds. The molecule has 0 radical (unpaired) electrons. The van der Waals surface area contributed by atoms with E-state index < -0.39 is 23.7 Å². The third kappa shape index (κ3) is 6.66. The Bertz CT molecular complexity index is 1350. The number of hydrogen-bond donors (Lipinski definition) is 1. The van der Waals surface area contributed by atoms with E-state index >= 15 is 0 Å². The largest absolute Gasteiger partial charge is 0.460 e. The second-order valence-electron chi connectivity index (χ2n) is 14.6. The van der Waals surface area contributed by atoms with Gasteiger partial charge in [0.05, 0.1) is 18.2 Å². The number of carbonyl (C=O) groups excluding carboxylic acids is 1. The van der Waals surface area contributed by atoms with Gasteiger partial charge in [-0.1, -0.05) is 105 Å². The number of hydrogen-bond acceptors (Lipinski definition) is 5. The van der Waals surface area contributed by atoms with Gasteiger partial charge in [0.1, 0.15) is 11.5 Å². The number of fused-ring (bicyclic) bond motifs is 2. The SMILES string of the molecule is COC1CC2CCC1(CN(Cc1ccccc1)[C@H](c1ccccc1)[C@H](C(=O)OC(C)(C)C)[C@H](O)Cc1ccccc1)C2(C)C. The zero-order valence-electron chi connectivity index (χ0n) is 27.4. The summed E-state index contributed by atoms with van der Waals surface area (Å²) in [5.41, 5.74) is 2.46. The lowest BCUT2D eigenvalue weighted by molar-refractivity contribution is -0.169. The monoisotopic (exact) mass is 597 g/mol. The van der Waals surface area contributed by atoms with Gasteiger partial charge in [-0.05, 0) is 74.5 Å². The Hall–Kier alpha value is -2.99. The molecule has 44 heavy (non-hydrogen) atoms. The highest BCUT2D eigenvalue weighted by molar-refractivity contribution is 5.75. The standard InChI is InChI=1S/C39H51NO4/c1-37(2,3)44-36(42)34(32(41)24-28-16-10-7-11-17-28)35(30-20-14-9-15-21-30)40(26-29-18-12-8-13-19-29)27-39-23-22-31(38(39,4)5)25-33(39)43-6/h7-21,31-35,41H,22-27H2,1-6H3/t31?,32-,33?,34-,35-,39?/m1/s1. The molecule has 2 aliphatic carbocycles. The molecule has 0 saturated heterocycles. The third-order valence-corrected chi connectivity index (χ3v) is 10.6. The van der Waals surface area contributed by atoms with Gasteiger partial charge >= 0.3 is 5.97 Å². The Morgan fingerprint density at radius 1 is 0.932 bits per heavy atom. The van der Waals surface area contributed by atoms with Crippen LogP contribution >= 0.6 is 0 Å². The molecule has 5 heteroatoms. The van der Waals surface area contributed by atoms with E-state index in [4.69, 9.17) is 9.47 Å². The van der Waals surface area contributed by atoms with Crippen molar-refractivity contribution in [2.24, 2.45) is 22.7 Å². The quantitative estimate of drug-likeness (QED) is 0.218. The summed E-state index contributed by atoms with van der Waals surface area (Å²) in [6.07, 6.45) is 2.87. The number of carbonyl (C=O) groups is 1. The summed E-state index contributed by atoms with van der Waals surface area (Å²) in [6, 6.07) is 30.3. The van der Waals surface area contributed by atoms with Crippen molar-refractivity contribution in [1.82, 2.24) is 4.90 Å². The maximum atomic E-state index is 14.4. The average molecular weight is 598 g/mol. The molecule has 5 rings (SSSR count). The van der Waals surface area contributed by atoms with Crippen molar-refractivity contribution in [2.75, 3.05) is 13.7 Å². The van der Waals surface area contributed by atoms with Crippen molar-refractivity contribution in [1.29, 1.82) is 0 Å². The molecular formula is C39H51NO4. The van der Waals surface area contributed by atoms with E-state index in [9.17, 15) is 9.90 Å². The van der Waals surface area contributed by atoms with Gasteiger partial charge in [0.2, 0.25) is 0 Å². The second-order valence-corrected chi connectivity index (χ2v) is 14.6. The number of aliphatic hydroxyl groups is 1. The highest BCUT2D eigenvalue weighted by atomic mass is 16.6. The van der Waals surface area contributed by atoms with Crippen molar-refractivity contribution >= 4 is 5.97 Å². The Morgan fingerprint density at radius 2 is 1.50 bits per heavy atom. The predicted molar refractivity (Wildman–Crippen MR) is 176 cm³/mol. The highest BCUT2D eigenvalue weighted by Gasteiger charge is 2.65. The molecule has 2 fully saturated rings. The zero-order valence-corrected chi connectivity index (χ0v) is 27.4. The number of nitrogens with zero attached hydrogens (tertiary/aromatic N) is 1. The van der Waals surface area contributed by atoms with E-state index in [0.29, 0.717) is 18.9 Å². The van der Waals surface area contributed by atoms with Crippen molar-refractivity contribution in [3.05, 3.63) is 108 Å². The van der Waals surface area contributed by atoms with Crippen molar-refractivity contribution in [3.63, 3.8) is 0 Å². The fraction of sp³-hybridized carbons (Fsp3) is 0.513. The Kier molecular flexibility index (Phi) is 9.69. The lowest BCUT2D eigenvalue weighted by Crippen LogP contribution is -2.52. The topological polar surface area (TPSA) is 59.0 Å². The molecule has 1 N–H and O–H groups in total. The second kappa shape index (κ2) is 13.2. The molecule has 0 spiro atoms. The molecular weight excluding hydrogens is 546 g/mol. The predicted octanol–water partition coefficient (Wildman–Crippen LogP) is 7.63. The molecule has 6 atom stereocenters. The molecule has 5 nitrogen and oxygen atoms in total.